The zero-order valence-corrected chi connectivity index (χ0v) is 13.5. The van der Waals surface area contributed by atoms with E-state index >= 15 is 0 Å². The molecule has 21 heavy (non-hydrogen) atoms. The van der Waals surface area contributed by atoms with E-state index in [4.69, 9.17) is 16.3 Å². The summed E-state index contributed by atoms with van der Waals surface area (Å²) in [5.41, 5.74) is -0.197. The fraction of sp³-hybridized carbons (Fsp3) is 0.214. The second-order valence-corrected chi connectivity index (χ2v) is 5.57. The molecule has 0 saturated carbocycles. The lowest BCUT2D eigenvalue weighted by atomic mass is 10.3. The van der Waals surface area contributed by atoms with Gasteiger partial charge in [0.2, 0.25) is 0 Å². The number of halogens is 2. The Morgan fingerprint density at radius 3 is 2.81 bits per heavy atom. The van der Waals surface area contributed by atoms with Crippen molar-refractivity contribution in [2.75, 3.05) is 0 Å². The highest BCUT2D eigenvalue weighted by atomic mass is 79.9. The standard InChI is InChI=1S/C14H12BrClN2O3/c1-2-7-18-13(19)6-4-11(17-18)14(20)21-12-5-3-9(15)8-10(12)16/h3-6,8H,2,7H2,1H3. The number of rotatable bonds is 4. The largest absolute Gasteiger partial charge is 0.420 e. The molecule has 0 aliphatic rings. The lowest BCUT2D eigenvalue weighted by Crippen LogP contribution is -2.25. The maximum Gasteiger partial charge on any atom is 0.364 e. The minimum atomic E-state index is -0.663. The Labute approximate surface area is 134 Å². The van der Waals surface area contributed by atoms with Crippen molar-refractivity contribution in [3.63, 3.8) is 0 Å². The first-order chi connectivity index (χ1) is 10.0. The third kappa shape index (κ3) is 3.92. The minimum absolute atomic E-state index is 0.0574. The number of carbonyl (C=O) groups excluding carboxylic acids is 1. The lowest BCUT2D eigenvalue weighted by Gasteiger charge is -2.07. The third-order valence-electron chi connectivity index (χ3n) is 2.61. The number of esters is 1. The molecule has 0 atom stereocenters. The Hall–Kier alpha value is -1.66. The summed E-state index contributed by atoms with van der Waals surface area (Å²) in [6, 6.07) is 7.54. The molecule has 0 fully saturated rings. The van der Waals surface area contributed by atoms with Crippen LogP contribution in [0.25, 0.3) is 0 Å². The SMILES string of the molecule is CCCn1nc(C(=O)Oc2ccc(Br)cc2Cl)ccc1=O. The van der Waals surface area contributed by atoms with Crippen molar-refractivity contribution < 1.29 is 9.53 Å². The number of nitrogens with zero attached hydrogens (tertiary/aromatic N) is 2. The molecule has 1 aromatic heterocycles. The van der Waals surface area contributed by atoms with E-state index in [1.54, 1.807) is 18.2 Å². The summed E-state index contributed by atoms with van der Waals surface area (Å²) in [5.74, 6) is -0.427. The number of benzene rings is 1. The molecule has 2 aromatic rings. The van der Waals surface area contributed by atoms with E-state index in [1.807, 2.05) is 6.92 Å². The van der Waals surface area contributed by atoms with Crippen molar-refractivity contribution in [2.24, 2.45) is 0 Å². The first-order valence-electron chi connectivity index (χ1n) is 6.26. The number of aromatic nitrogens is 2. The Balaban J connectivity index is 2.24. The van der Waals surface area contributed by atoms with E-state index in [0.29, 0.717) is 11.6 Å². The fourth-order valence-electron chi connectivity index (χ4n) is 1.64. The van der Waals surface area contributed by atoms with Crippen LogP contribution in [0.15, 0.2) is 39.6 Å². The van der Waals surface area contributed by atoms with Gasteiger partial charge in [0.15, 0.2) is 5.69 Å². The van der Waals surface area contributed by atoms with Crippen LogP contribution in [0.4, 0.5) is 0 Å². The molecule has 0 N–H and O–H groups in total. The first-order valence-corrected chi connectivity index (χ1v) is 7.43. The zero-order chi connectivity index (χ0) is 15.4. The lowest BCUT2D eigenvalue weighted by molar-refractivity contribution is 0.0725. The van der Waals surface area contributed by atoms with Gasteiger partial charge >= 0.3 is 5.97 Å². The molecular formula is C14H12BrClN2O3. The first kappa shape index (κ1) is 15.7. The van der Waals surface area contributed by atoms with Crippen molar-refractivity contribution >= 4 is 33.5 Å². The molecular weight excluding hydrogens is 360 g/mol. The zero-order valence-electron chi connectivity index (χ0n) is 11.2. The molecule has 0 saturated heterocycles. The van der Waals surface area contributed by atoms with Crippen molar-refractivity contribution in [1.29, 1.82) is 0 Å². The summed E-state index contributed by atoms with van der Waals surface area (Å²) >= 11 is 9.25. The monoisotopic (exact) mass is 370 g/mol. The maximum absolute atomic E-state index is 12.0. The highest BCUT2D eigenvalue weighted by Gasteiger charge is 2.14. The molecule has 0 bridgehead atoms. The molecule has 0 amide bonds. The second kappa shape index (κ2) is 6.87. The van der Waals surface area contributed by atoms with Crippen LogP contribution in [0, 0.1) is 0 Å². The molecule has 110 valence electrons. The number of hydrogen-bond acceptors (Lipinski definition) is 4. The summed E-state index contributed by atoms with van der Waals surface area (Å²) in [6.07, 6.45) is 0.740. The van der Waals surface area contributed by atoms with Crippen LogP contribution in [0.3, 0.4) is 0 Å². The topological polar surface area (TPSA) is 61.2 Å². The van der Waals surface area contributed by atoms with Gasteiger partial charge in [0, 0.05) is 17.1 Å². The summed E-state index contributed by atoms with van der Waals surface area (Å²) in [5, 5.41) is 4.29. The van der Waals surface area contributed by atoms with Gasteiger partial charge in [-0.25, -0.2) is 9.48 Å². The third-order valence-corrected chi connectivity index (χ3v) is 3.40. The van der Waals surface area contributed by atoms with Gasteiger partial charge in [-0.3, -0.25) is 4.79 Å². The minimum Gasteiger partial charge on any atom is -0.420 e. The Kier molecular flexibility index (Phi) is 5.14. The quantitative estimate of drug-likeness (QED) is 0.611. The van der Waals surface area contributed by atoms with E-state index in [9.17, 15) is 9.59 Å². The van der Waals surface area contributed by atoms with Crippen LogP contribution in [0.1, 0.15) is 23.8 Å². The van der Waals surface area contributed by atoms with Crippen LogP contribution < -0.4 is 10.3 Å². The average Bonchev–Trinajstić information content (AvgIpc) is 2.44. The van der Waals surface area contributed by atoms with Gasteiger partial charge in [0.05, 0.1) is 5.02 Å². The number of hydrogen-bond donors (Lipinski definition) is 0. The summed E-state index contributed by atoms with van der Waals surface area (Å²) in [6.45, 7) is 2.36. The van der Waals surface area contributed by atoms with E-state index < -0.39 is 5.97 Å². The molecule has 7 heteroatoms. The maximum atomic E-state index is 12.0. The molecule has 0 aliphatic heterocycles. The fourth-order valence-corrected chi connectivity index (χ4v) is 2.35. The van der Waals surface area contributed by atoms with Gasteiger partial charge in [-0.05, 0) is 30.7 Å². The van der Waals surface area contributed by atoms with Gasteiger partial charge in [-0.1, -0.05) is 34.5 Å². The molecule has 2 rings (SSSR count). The number of ether oxygens (including phenoxy) is 1. The van der Waals surface area contributed by atoms with Crippen LogP contribution in [-0.2, 0) is 6.54 Å². The molecule has 0 spiro atoms. The Morgan fingerprint density at radius 2 is 2.14 bits per heavy atom. The average molecular weight is 372 g/mol. The predicted octanol–water partition coefficient (Wildman–Crippen LogP) is 3.29. The van der Waals surface area contributed by atoms with Crippen LogP contribution in [0.2, 0.25) is 5.02 Å². The van der Waals surface area contributed by atoms with Crippen LogP contribution in [-0.4, -0.2) is 15.7 Å². The van der Waals surface area contributed by atoms with Gasteiger partial charge in [0.25, 0.3) is 5.56 Å². The smallest absolute Gasteiger partial charge is 0.364 e. The molecule has 1 heterocycles. The van der Waals surface area contributed by atoms with Crippen molar-refractivity contribution in [3.8, 4) is 5.75 Å². The number of aryl methyl sites for hydroxylation is 1. The van der Waals surface area contributed by atoms with E-state index in [0.717, 1.165) is 10.9 Å². The van der Waals surface area contributed by atoms with Crippen molar-refractivity contribution in [1.82, 2.24) is 9.78 Å². The van der Waals surface area contributed by atoms with Crippen LogP contribution >= 0.6 is 27.5 Å². The van der Waals surface area contributed by atoms with Gasteiger partial charge in [-0.2, -0.15) is 5.10 Å². The molecule has 1 aromatic carbocycles. The molecule has 0 aliphatic carbocycles. The van der Waals surface area contributed by atoms with E-state index in [2.05, 4.69) is 21.0 Å². The summed E-state index contributed by atoms with van der Waals surface area (Å²) < 4.78 is 7.21. The van der Waals surface area contributed by atoms with Crippen molar-refractivity contribution in [3.05, 3.63) is 55.9 Å². The normalized spacial score (nSPS) is 10.4. The predicted molar refractivity (Wildman–Crippen MR) is 82.9 cm³/mol. The second-order valence-electron chi connectivity index (χ2n) is 4.24. The number of carbonyl (C=O) groups is 1. The van der Waals surface area contributed by atoms with Gasteiger partial charge in [0.1, 0.15) is 5.75 Å². The molecule has 0 unspecified atom stereocenters. The Morgan fingerprint density at radius 1 is 1.38 bits per heavy atom. The Bertz CT molecular complexity index is 730. The highest BCUT2D eigenvalue weighted by Crippen LogP contribution is 2.28. The molecule has 5 nitrogen and oxygen atoms in total. The molecule has 0 radical (unpaired) electrons. The van der Waals surface area contributed by atoms with Crippen LogP contribution in [0.5, 0.6) is 5.75 Å². The van der Waals surface area contributed by atoms with E-state index in [1.165, 1.54) is 16.8 Å². The highest BCUT2D eigenvalue weighted by molar-refractivity contribution is 9.10. The van der Waals surface area contributed by atoms with Gasteiger partial charge < -0.3 is 4.74 Å². The summed E-state index contributed by atoms with van der Waals surface area (Å²) in [4.78, 5) is 23.6. The van der Waals surface area contributed by atoms with Crippen molar-refractivity contribution in [2.45, 2.75) is 19.9 Å². The summed E-state index contributed by atoms with van der Waals surface area (Å²) in [7, 11) is 0. The van der Waals surface area contributed by atoms with Gasteiger partial charge in [-0.15, -0.1) is 0 Å². The van der Waals surface area contributed by atoms with E-state index in [-0.39, 0.29) is 17.0 Å².